The van der Waals surface area contributed by atoms with Crippen molar-refractivity contribution in [2.24, 2.45) is 4.99 Å². The average Bonchev–Trinajstić information content (AvgIpc) is 2.72. The number of nitrogens with one attached hydrogen (secondary N) is 2. The summed E-state index contributed by atoms with van der Waals surface area (Å²) in [5, 5.41) is 24.0. The fourth-order valence-corrected chi connectivity index (χ4v) is 4.17. The summed E-state index contributed by atoms with van der Waals surface area (Å²) in [5.41, 5.74) is 16.6. The van der Waals surface area contributed by atoms with Gasteiger partial charge in [0, 0.05) is 23.8 Å². The van der Waals surface area contributed by atoms with Gasteiger partial charge >= 0.3 is 0 Å². The van der Waals surface area contributed by atoms with Crippen molar-refractivity contribution in [3.05, 3.63) is 40.5 Å². The summed E-state index contributed by atoms with van der Waals surface area (Å²) < 4.78 is 0. The van der Waals surface area contributed by atoms with E-state index < -0.39 is 6.04 Å². The molecule has 1 aromatic heterocycles. The molecular weight excluding hydrogens is 378 g/mol. The molecule has 0 bridgehead atoms. The number of fused-ring (bicyclic) bond motifs is 2. The number of aromatic nitrogens is 1. The van der Waals surface area contributed by atoms with E-state index >= 15 is 0 Å². The minimum Gasteiger partial charge on any atom is -0.397 e. The number of aliphatic imine (C=N–C) groups is 1. The first-order valence-corrected chi connectivity index (χ1v) is 9.83. The standard InChI is InChI=1S/C21H23N9/c1-11(2)30-7-3-4-12-8-13(5-6-15(12)30)18-16-17(24)14(9-22)19(25)28-20(16)29-21(27-18)26-10-23/h5-6,8,11,18H,3-4,7H2,1-2H3,(H6,24,25,26,27,28,29). The summed E-state index contributed by atoms with van der Waals surface area (Å²) in [4.78, 5) is 11.3. The van der Waals surface area contributed by atoms with Crippen LogP contribution in [-0.2, 0) is 6.42 Å². The highest BCUT2D eigenvalue weighted by atomic mass is 15.2. The molecule has 2 aliphatic heterocycles. The highest BCUT2D eigenvalue weighted by molar-refractivity contribution is 5.98. The Morgan fingerprint density at radius 2 is 2.10 bits per heavy atom. The summed E-state index contributed by atoms with van der Waals surface area (Å²) in [6, 6.07) is 8.20. The predicted molar refractivity (Wildman–Crippen MR) is 117 cm³/mol. The van der Waals surface area contributed by atoms with E-state index in [9.17, 15) is 5.26 Å². The fourth-order valence-electron chi connectivity index (χ4n) is 4.17. The molecule has 2 aromatic rings. The Labute approximate surface area is 175 Å². The van der Waals surface area contributed by atoms with Crippen LogP contribution >= 0.6 is 0 Å². The number of nitrogens with zero attached hydrogens (tertiary/aromatic N) is 5. The largest absolute Gasteiger partial charge is 0.397 e. The number of aryl methyl sites for hydroxylation is 1. The van der Waals surface area contributed by atoms with Gasteiger partial charge in [0.1, 0.15) is 29.3 Å². The molecular formula is C21H23N9. The summed E-state index contributed by atoms with van der Waals surface area (Å²) in [5.74, 6) is 0.687. The van der Waals surface area contributed by atoms with E-state index in [0.29, 0.717) is 17.4 Å². The molecule has 3 heterocycles. The molecule has 0 saturated carbocycles. The number of benzene rings is 1. The van der Waals surface area contributed by atoms with Gasteiger partial charge in [-0.25, -0.2) is 9.98 Å². The third kappa shape index (κ3) is 3.11. The summed E-state index contributed by atoms with van der Waals surface area (Å²) in [6.45, 7) is 5.42. The molecule has 1 aromatic carbocycles. The number of nitrogen functional groups attached to an aromatic ring is 2. The van der Waals surface area contributed by atoms with E-state index in [-0.39, 0.29) is 23.0 Å². The van der Waals surface area contributed by atoms with E-state index in [1.54, 1.807) is 0 Å². The molecule has 0 amide bonds. The molecule has 2 aliphatic rings. The Morgan fingerprint density at radius 1 is 1.30 bits per heavy atom. The van der Waals surface area contributed by atoms with Crippen LogP contribution in [0.3, 0.4) is 0 Å². The lowest BCUT2D eigenvalue weighted by atomic mass is 9.91. The zero-order valence-corrected chi connectivity index (χ0v) is 16.9. The first-order valence-electron chi connectivity index (χ1n) is 9.83. The average molecular weight is 401 g/mol. The monoisotopic (exact) mass is 401 g/mol. The van der Waals surface area contributed by atoms with Crippen LogP contribution in [0.25, 0.3) is 0 Å². The molecule has 1 unspecified atom stereocenters. The van der Waals surface area contributed by atoms with Crippen LogP contribution in [0.2, 0.25) is 0 Å². The summed E-state index contributed by atoms with van der Waals surface area (Å²) in [6.07, 6.45) is 3.93. The molecule has 152 valence electrons. The van der Waals surface area contributed by atoms with E-state index in [4.69, 9.17) is 16.7 Å². The third-order valence-electron chi connectivity index (χ3n) is 5.55. The van der Waals surface area contributed by atoms with Gasteiger partial charge in [-0.3, -0.25) is 5.32 Å². The molecule has 4 rings (SSSR count). The number of hydrogen-bond donors (Lipinski definition) is 4. The number of rotatable bonds is 2. The maximum Gasteiger partial charge on any atom is 0.211 e. The number of nitrogens with two attached hydrogens (primary N) is 2. The summed E-state index contributed by atoms with van der Waals surface area (Å²) in [7, 11) is 0. The zero-order valence-electron chi connectivity index (χ0n) is 16.9. The zero-order chi connectivity index (χ0) is 21.4. The molecule has 30 heavy (non-hydrogen) atoms. The van der Waals surface area contributed by atoms with Crippen molar-refractivity contribution < 1.29 is 0 Å². The SMILES string of the molecule is CC(C)N1CCCc2cc(C3N=C(NC#N)Nc4nc(N)c(C#N)c(N)c43)ccc21. The lowest BCUT2D eigenvalue weighted by molar-refractivity contribution is 0.624. The van der Waals surface area contributed by atoms with Gasteiger partial charge in [-0.1, -0.05) is 12.1 Å². The van der Waals surface area contributed by atoms with Gasteiger partial charge in [-0.2, -0.15) is 10.5 Å². The van der Waals surface area contributed by atoms with Crippen molar-refractivity contribution in [1.29, 1.82) is 10.5 Å². The van der Waals surface area contributed by atoms with Gasteiger partial charge in [0.15, 0.2) is 6.19 Å². The highest BCUT2D eigenvalue weighted by Crippen LogP contribution is 2.42. The lowest BCUT2D eigenvalue weighted by Gasteiger charge is -2.35. The Kier molecular flexibility index (Phi) is 4.80. The number of anilines is 4. The molecule has 0 aliphatic carbocycles. The topological polar surface area (TPSA) is 152 Å². The van der Waals surface area contributed by atoms with Gasteiger partial charge < -0.3 is 21.7 Å². The summed E-state index contributed by atoms with van der Waals surface area (Å²) >= 11 is 0. The number of nitriles is 2. The second-order valence-electron chi connectivity index (χ2n) is 7.68. The Morgan fingerprint density at radius 3 is 2.80 bits per heavy atom. The normalized spacial score (nSPS) is 17.2. The first-order chi connectivity index (χ1) is 14.4. The highest BCUT2D eigenvalue weighted by Gasteiger charge is 2.30. The molecule has 9 nitrogen and oxygen atoms in total. The van der Waals surface area contributed by atoms with E-state index in [2.05, 4.69) is 51.5 Å². The van der Waals surface area contributed by atoms with Crippen LogP contribution in [0, 0.1) is 22.8 Å². The molecule has 9 heteroatoms. The van der Waals surface area contributed by atoms with E-state index in [1.165, 1.54) is 11.3 Å². The quantitative estimate of drug-likeness (QED) is 0.441. The van der Waals surface area contributed by atoms with Crippen molar-refractivity contribution >= 4 is 29.0 Å². The second kappa shape index (κ2) is 7.45. The Balaban J connectivity index is 1.87. The fraction of sp³-hybridized carbons (Fsp3) is 0.333. The van der Waals surface area contributed by atoms with Crippen molar-refractivity contribution in [2.75, 3.05) is 28.2 Å². The molecule has 0 radical (unpaired) electrons. The number of guanidine groups is 1. The number of pyridine rings is 1. The van der Waals surface area contributed by atoms with Crippen LogP contribution in [0.5, 0.6) is 0 Å². The third-order valence-corrected chi connectivity index (χ3v) is 5.55. The maximum atomic E-state index is 9.47. The first kappa shape index (κ1) is 19.3. The van der Waals surface area contributed by atoms with Crippen molar-refractivity contribution in [1.82, 2.24) is 10.3 Å². The molecule has 6 N–H and O–H groups in total. The predicted octanol–water partition coefficient (Wildman–Crippen LogP) is 2.22. The van der Waals surface area contributed by atoms with Gasteiger partial charge in [-0.15, -0.1) is 0 Å². The van der Waals surface area contributed by atoms with E-state index in [0.717, 1.165) is 24.9 Å². The van der Waals surface area contributed by atoms with Gasteiger partial charge in [0.2, 0.25) is 5.96 Å². The molecule has 0 spiro atoms. The Hall–Kier alpha value is -3.98. The smallest absolute Gasteiger partial charge is 0.211 e. The second-order valence-corrected chi connectivity index (χ2v) is 7.68. The van der Waals surface area contributed by atoms with Crippen LogP contribution in [0.4, 0.5) is 23.0 Å². The lowest BCUT2D eigenvalue weighted by Crippen LogP contribution is -2.35. The van der Waals surface area contributed by atoms with Crippen LogP contribution in [0.1, 0.15) is 48.6 Å². The van der Waals surface area contributed by atoms with Gasteiger partial charge in [-0.05, 0) is 43.9 Å². The van der Waals surface area contributed by atoms with Crippen molar-refractivity contribution in [2.45, 2.75) is 38.8 Å². The molecule has 0 fully saturated rings. The molecule has 0 saturated heterocycles. The maximum absolute atomic E-state index is 9.47. The molecule has 1 atom stereocenters. The van der Waals surface area contributed by atoms with Crippen LogP contribution in [-0.4, -0.2) is 23.5 Å². The van der Waals surface area contributed by atoms with Crippen molar-refractivity contribution in [3.63, 3.8) is 0 Å². The van der Waals surface area contributed by atoms with Gasteiger partial charge in [0.05, 0.1) is 5.69 Å². The van der Waals surface area contributed by atoms with E-state index in [1.807, 2.05) is 18.3 Å². The van der Waals surface area contributed by atoms with Crippen LogP contribution in [0.15, 0.2) is 23.2 Å². The van der Waals surface area contributed by atoms with Gasteiger partial charge in [0.25, 0.3) is 0 Å². The Bertz CT molecular complexity index is 1120. The van der Waals surface area contributed by atoms with Crippen molar-refractivity contribution in [3.8, 4) is 12.3 Å². The van der Waals surface area contributed by atoms with Crippen LogP contribution < -0.4 is 27.0 Å². The minimum atomic E-state index is -0.517. The minimum absolute atomic E-state index is 0.0382. The number of hydrogen-bond acceptors (Lipinski definition) is 9.